The first-order valence-electron chi connectivity index (χ1n) is 6.03. The molecule has 2 N–H and O–H groups in total. The van der Waals surface area contributed by atoms with E-state index in [1.807, 2.05) is 6.92 Å². The summed E-state index contributed by atoms with van der Waals surface area (Å²) >= 11 is 0. The van der Waals surface area contributed by atoms with Gasteiger partial charge >= 0.3 is 0 Å². The summed E-state index contributed by atoms with van der Waals surface area (Å²) in [5.41, 5.74) is 0.988. The number of hydrogen-bond donors (Lipinski definition) is 2. The van der Waals surface area contributed by atoms with Crippen LogP contribution in [0.1, 0.15) is 24.1 Å². The maximum atomic E-state index is 13.6. The Bertz CT molecular complexity index is 572. The van der Waals surface area contributed by atoms with Gasteiger partial charge in [-0.2, -0.15) is 0 Å². The molecule has 0 unspecified atom stereocenters. The highest BCUT2D eigenvalue weighted by Gasteiger charge is 2.11. The molecular weight excluding hydrogens is 248 g/mol. The quantitative estimate of drug-likeness (QED) is 0.884. The van der Waals surface area contributed by atoms with Gasteiger partial charge in [0.15, 0.2) is 11.6 Å². The third-order valence-corrected chi connectivity index (χ3v) is 3.04. The van der Waals surface area contributed by atoms with E-state index in [1.165, 1.54) is 18.2 Å². The van der Waals surface area contributed by atoms with Crippen LogP contribution in [0.5, 0.6) is 5.75 Å². The van der Waals surface area contributed by atoms with Crippen LogP contribution < -0.4 is 5.32 Å². The average Bonchev–Trinajstić information content (AvgIpc) is 2.40. The van der Waals surface area contributed by atoms with Crippen molar-refractivity contribution in [3.8, 4) is 5.75 Å². The Morgan fingerprint density at radius 2 is 1.74 bits per heavy atom. The highest BCUT2D eigenvalue weighted by Crippen LogP contribution is 2.22. The number of rotatable bonds is 4. The van der Waals surface area contributed by atoms with Gasteiger partial charge in [0.05, 0.1) is 0 Å². The van der Waals surface area contributed by atoms with Crippen LogP contribution in [-0.2, 0) is 6.54 Å². The summed E-state index contributed by atoms with van der Waals surface area (Å²) < 4.78 is 26.7. The van der Waals surface area contributed by atoms with Crippen molar-refractivity contribution in [3.63, 3.8) is 0 Å². The molecule has 0 aliphatic heterocycles. The zero-order valence-corrected chi connectivity index (χ0v) is 10.5. The number of aromatic hydroxyl groups is 1. The van der Waals surface area contributed by atoms with Gasteiger partial charge in [0.1, 0.15) is 5.82 Å². The molecule has 0 aromatic heterocycles. The van der Waals surface area contributed by atoms with E-state index < -0.39 is 5.82 Å². The number of benzene rings is 2. The van der Waals surface area contributed by atoms with Crippen LogP contribution in [0.15, 0.2) is 42.5 Å². The lowest BCUT2D eigenvalue weighted by atomic mass is 10.1. The van der Waals surface area contributed by atoms with Crippen molar-refractivity contribution in [3.05, 3.63) is 65.2 Å². The molecule has 2 rings (SSSR count). The molecule has 0 fully saturated rings. The average molecular weight is 263 g/mol. The number of nitrogens with one attached hydrogen (secondary N) is 1. The number of halogens is 2. The molecule has 0 saturated heterocycles. The molecule has 0 bridgehead atoms. The summed E-state index contributed by atoms with van der Waals surface area (Å²) in [6.45, 7) is 2.08. The zero-order valence-electron chi connectivity index (χ0n) is 10.5. The van der Waals surface area contributed by atoms with E-state index in [1.54, 1.807) is 24.3 Å². The third kappa shape index (κ3) is 3.09. The lowest BCUT2D eigenvalue weighted by Gasteiger charge is -2.15. The second kappa shape index (κ2) is 5.80. The number of phenols is 1. The van der Waals surface area contributed by atoms with Gasteiger partial charge in [0, 0.05) is 23.7 Å². The van der Waals surface area contributed by atoms with Crippen LogP contribution in [0.3, 0.4) is 0 Å². The Morgan fingerprint density at radius 3 is 2.47 bits per heavy atom. The monoisotopic (exact) mass is 263 g/mol. The van der Waals surface area contributed by atoms with Gasteiger partial charge in [0.2, 0.25) is 0 Å². The largest absolute Gasteiger partial charge is 0.505 e. The van der Waals surface area contributed by atoms with Crippen LogP contribution in [0.25, 0.3) is 0 Å². The number of para-hydroxylation sites is 1. The lowest BCUT2D eigenvalue weighted by Crippen LogP contribution is -2.19. The van der Waals surface area contributed by atoms with Gasteiger partial charge in [0.25, 0.3) is 0 Å². The topological polar surface area (TPSA) is 32.3 Å². The number of hydrogen-bond acceptors (Lipinski definition) is 2. The molecule has 100 valence electrons. The standard InChI is InChI=1S/C15H15F2NO/c1-10(12-6-2-3-7-13(12)16)18-9-11-5-4-8-14(17)15(11)19/h2-8,10,18-19H,9H2,1H3/t10-/m1/s1. The highest BCUT2D eigenvalue weighted by molar-refractivity contribution is 5.33. The molecule has 4 heteroatoms. The summed E-state index contributed by atoms with van der Waals surface area (Å²) in [6, 6.07) is 10.6. The SMILES string of the molecule is C[C@@H](NCc1cccc(F)c1O)c1ccccc1F. The van der Waals surface area contributed by atoms with Crippen molar-refractivity contribution in [2.75, 3.05) is 0 Å². The molecule has 0 radical (unpaired) electrons. The van der Waals surface area contributed by atoms with E-state index in [0.717, 1.165) is 0 Å². The third-order valence-electron chi connectivity index (χ3n) is 3.04. The minimum absolute atomic E-state index is 0.233. The molecule has 2 nitrogen and oxygen atoms in total. The van der Waals surface area contributed by atoms with Gasteiger partial charge in [-0.25, -0.2) is 8.78 Å². The van der Waals surface area contributed by atoms with E-state index in [4.69, 9.17) is 0 Å². The Hall–Kier alpha value is -1.94. The van der Waals surface area contributed by atoms with Crippen molar-refractivity contribution < 1.29 is 13.9 Å². The molecule has 0 aliphatic rings. The molecule has 2 aromatic carbocycles. The van der Waals surface area contributed by atoms with Gasteiger partial charge in [-0.1, -0.05) is 30.3 Å². The molecular formula is C15H15F2NO. The summed E-state index contributed by atoms with van der Waals surface area (Å²) in [6.07, 6.45) is 0. The minimum atomic E-state index is -0.655. The molecule has 0 amide bonds. The maximum absolute atomic E-state index is 13.6. The van der Waals surface area contributed by atoms with Crippen LogP contribution in [0.2, 0.25) is 0 Å². The van der Waals surface area contributed by atoms with E-state index >= 15 is 0 Å². The Labute approximate surface area is 110 Å². The molecule has 2 aromatic rings. The van der Waals surface area contributed by atoms with Crippen molar-refractivity contribution in [1.82, 2.24) is 5.32 Å². The summed E-state index contributed by atoms with van der Waals surface area (Å²) in [7, 11) is 0. The fourth-order valence-corrected chi connectivity index (χ4v) is 1.90. The normalized spacial score (nSPS) is 12.4. The van der Waals surface area contributed by atoms with E-state index in [-0.39, 0.29) is 24.2 Å². The van der Waals surface area contributed by atoms with Gasteiger partial charge in [-0.15, -0.1) is 0 Å². The van der Waals surface area contributed by atoms with Gasteiger partial charge < -0.3 is 10.4 Å². The first-order chi connectivity index (χ1) is 9.09. The molecule has 0 spiro atoms. The van der Waals surface area contributed by atoms with Gasteiger partial charge in [-0.3, -0.25) is 0 Å². The first-order valence-corrected chi connectivity index (χ1v) is 6.03. The summed E-state index contributed by atoms with van der Waals surface area (Å²) in [5, 5.41) is 12.6. The van der Waals surface area contributed by atoms with Crippen LogP contribution >= 0.6 is 0 Å². The predicted octanol–water partition coefficient (Wildman–Crippen LogP) is 3.52. The predicted molar refractivity (Wildman–Crippen MR) is 69.7 cm³/mol. The maximum Gasteiger partial charge on any atom is 0.165 e. The molecule has 0 saturated carbocycles. The summed E-state index contributed by atoms with van der Waals surface area (Å²) in [5.74, 6) is -1.31. The van der Waals surface area contributed by atoms with Crippen molar-refractivity contribution in [1.29, 1.82) is 0 Å². The zero-order chi connectivity index (χ0) is 13.8. The van der Waals surface area contributed by atoms with Crippen LogP contribution in [0, 0.1) is 11.6 Å². The Balaban J connectivity index is 2.07. The second-order valence-corrected chi connectivity index (χ2v) is 4.37. The van der Waals surface area contributed by atoms with Crippen molar-refractivity contribution in [2.45, 2.75) is 19.5 Å². The second-order valence-electron chi connectivity index (χ2n) is 4.37. The van der Waals surface area contributed by atoms with Crippen LogP contribution in [0.4, 0.5) is 8.78 Å². The Morgan fingerprint density at radius 1 is 1.05 bits per heavy atom. The van der Waals surface area contributed by atoms with E-state index in [2.05, 4.69) is 5.32 Å². The molecule has 0 aliphatic carbocycles. The van der Waals surface area contributed by atoms with Crippen LogP contribution in [-0.4, -0.2) is 5.11 Å². The molecule has 0 heterocycles. The van der Waals surface area contributed by atoms with Crippen molar-refractivity contribution >= 4 is 0 Å². The number of phenolic OH excluding ortho intramolecular Hbond substituents is 1. The van der Waals surface area contributed by atoms with Crippen molar-refractivity contribution in [2.24, 2.45) is 0 Å². The first kappa shape index (κ1) is 13.5. The summed E-state index contributed by atoms with van der Waals surface area (Å²) in [4.78, 5) is 0. The smallest absolute Gasteiger partial charge is 0.165 e. The minimum Gasteiger partial charge on any atom is -0.505 e. The fourth-order valence-electron chi connectivity index (χ4n) is 1.90. The lowest BCUT2D eigenvalue weighted by molar-refractivity contribution is 0.420. The van der Waals surface area contributed by atoms with Gasteiger partial charge in [-0.05, 0) is 19.1 Å². The molecule has 1 atom stereocenters. The fraction of sp³-hybridized carbons (Fsp3) is 0.200. The van der Waals surface area contributed by atoms with E-state index in [9.17, 15) is 13.9 Å². The highest BCUT2D eigenvalue weighted by atomic mass is 19.1. The Kier molecular flexibility index (Phi) is 4.12. The molecule has 19 heavy (non-hydrogen) atoms. The van der Waals surface area contributed by atoms with E-state index in [0.29, 0.717) is 11.1 Å².